The van der Waals surface area contributed by atoms with E-state index in [4.69, 9.17) is 4.74 Å². The average Bonchev–Trinajstić information content (AvgIpc) is 2.53. The first-order valence-electron chi connectivity index (χ1n) is 8.39. The fraction of sp³-hybridized carbons (Fsp3) is 0.579. The lowest BCUT2D eigenvalue weighted by Gasteiger charge is -2.21. The van der Waals surface area contributed by atoms with E-state index in [-0.39, 0.29) is 6.23 Å². The molecular formula is C19H31NO. The summed E-state index contributed by atoms with van der Waals surface area (Å²) in [5.74, 6) is 0. The second-order valence-electron chi connectivity index (χ2n) is 5.39. The van der Waals surface area contributed by atoms with Crippen molar-refractivity contribution < 1.29 is 4.74 Å². The van der Waals surface area contributed by atoms with Crippen LogP contribution in [0.3, 0.4) is 0 Å². The van der Waals surface area contributed by atoms with Gasteiger partial charge in [0.2, 0.25) is 0 Å². The van der Waals surface area contributed by atoms with Crippen LogP contribution in [-0.2, 0) is 4.74 Å². The minimum atomic E-state index is -0.0279. The first-order chi connectivity index (χ1) is 10.3. The van der Waals surface area contributed by atoms with E-state index in [1.807, 2.05) is 19.1 Å². The van der Waals surface area contributed by atoms with Crippen LogP contribution in [0.5, 0.6) is 0 Å². The monoisotopic (exact) mass is 289 g/mol. The number of rotatable bonds is 12. The van der Waals surface area contributed by atoms with E-state index in [2.05, 4.69) is 37.0 Å². The summed E-state index contributed by atoms with van der Waals surface area (Å²) in [4.78, 5) is 0. The molecule has 0 aliphatic heterocycles. The highest BCUT2D eigenvalue weighted by Gasteiger charge is 2.12. The van der Waals surface area contributed by atoms with E-state index in [9.17, 15) is 0 Å². The molecule has 0 saturated carbocycles. The molecule has 1 aromatic carbocycles. The highest BCUT2D eigenvalue weighted by Crippen LogP contribution is 2.20. The highest BCUT2D eigenvalue weighted by atomic mass is 16.5. The highest BCUT2D eigenvalue weighted by molar-refractivity contribution is 5.52. The molecular weight excluding hydrogens is 258 g/mol. The van der Waals surface area contributed by atoms with Crippen LogP contribution in [0, 0.1) is 0 Å². The number of benzene rings is 1. The SMILES string of the molecule is C=Cc1ccccc1C(NCCCCCCCC)OCC. The molecule has 1 rings (SSSR count). The van der Waals surface area contributed by atoms with Crippen molar-refractivity contribution >= 4 is 6.08 Å². The minimum absolute atomic E-state index is 0.0279. The Kier molecular flexibility index (Phi) is 9.84. The summed E-state index contributed by atoms with van der Waals surface area (Å²) in [6.45, 7) is 9.89. The summed E-state index contributed by atoms with van der Waals surface area (Å²) in [5, 5.41) is 3.53. The summed E-state index contributed by atoms with van der Waals surface area (Å²) in [7, 11) is 0. The third kappa shape index (κ3) is 6.92. The Bertz CT molecular complexity index is 389. The van der Waals surface area contributed by atoms with Crippen molar-refractivity contribution in [3.63, 3.8) is 0 Å². The predicted molar refractivity (Wildman–Crippen MR) is 92.3 cm³/mol. The van der Waals surface area contributed by atoms with E-state index < -0.39 is 0 Å². The van der Waals surface area contributed by atoms with Crippen molar-refractivity contribution in [2.75, 3.05) is 13.2 Å². The van der Waals surface area contributed by atoms with Crippen LogP contribution in [0.4, 0.5) is 0 Å². The number of nitrogens with one attached hydrogen (secondary N) is 1. The second-order valence-corrected chi connectivity index (χ2v) is 5.39. The molecule has 2 nitrogen and oxygen atoms in total. The molecule has 0 fully saturated rings. The molecule has 0 amide bonds. The molecule has 1 atom stereocenters. The van der Waals surface area contributed by atoms with Gasteiger partial charge < -0.3 is 4.74 Å². The van der Waals surface area contributed by atoms with Crippen molar-refractivity contribution in [3.8, 4) is 0 Å². The Morgan fingerprint density at radius 3 is 2.52 bits per heavy atom. The molecule has 1 N–H and O–H groups in total. The van der Waals surface area contributed by atoms with Gasteiger partial charge in [0.05, 0.1) is 0 Å². The Labute approximate surface area is 130 Å². The minimum Gasteiger partial charge on any atom is -0.359 e. The lowest BCUT2D eigenvalue weighted by Crippen LogP contribution is -2.25. The van der Waals surface area contributed by atoms with Gasteiger partial charge in [-0.15, -0.1) is 0 Å². The Morgan fingerprint density at radius 1 is 1.10 bits per heavy atom. The molecule has 2 heteroatoms. The lowest BCUT2D eigenvalue weighted by molar-refractivity contribution is 0.0369. The van der Waals surface area contributed by atoms with Crippen LogP contribution >= 0.6 is 0 Å². The molecule has 21 heavy (non-hydrogen) atoms. The standard InChI is InChI=1S/C19H31NO/c1-4-7-8-9-10-13-16-20-19(21-6-3)18-15-12-11-14-17(18)5-2/h5,11-12,14-15,19-20H,2,4,6-10,13,16H2,1,3H3. The van der Waals surface area contributed by atoms with E-state index in [0.717, 1.165) is 12.1 Å². The van der Waals surface area contributed by atoms with Gasteiger partial charge in [-0.1, -0.05) is 75.9 Å². The van der Waals surface area contributed by atoms with E-state index in [0.29, 0.717) is 6.61 Å². The number of unbranched alkanes of at least 4 members (excludes halogenated alkanes) is 5. The first-order valence-corrected chi connectivity index (χ1v) is 8.39. The number of ether oxygens (including phenoxy) is 1. The zero-order chi connectivity index (χ0) is 15.3. The molecule has 0 aromatic heterocycles. The molecule has 118 valence electrons. The van der Waals surface area contributed by atoms with Gasteiger partial charge in [0, 0.05) is 12.2 Å². The second kappa shape index (κ2) is 11.5. The summed E-state index contributed by atoms with van der Waals surface area (Å²) >= 11 is 0. The summed E-state index contributed by atoms with van der Waals surface area (Å²) in [5.41, 5.74) is 2.33. The largest absolute Gasteiger partial charge is 0.359 e. The van der Waals surface area contributed by atoms with E-state index >= 15 is 0 Å². The molecule has 0 saturated heterocycles. The molecule has 0 spiro atoms. The molecule has 0 heterocycles. The van der Waals surface area contributed by atoms with Gasteiger partial charge in [0.15, 0.2) is 0 Å². The fourth-order valence-corrected chi connectivity index (χ4v) is 2.50. The normalized spacial score (nSPS) is 12.3. The maximum atomic E-state index is 5.86. The summed E-state index contributed by atoms with van der Waals surface area (Å²) in [6, 6.07) is 8.30. The smallest absolute Gasteiger partial charge is 0.134 e. The molecule has 1 aromatic rings. The number of hydrogen-bond donors (Lipinski definition) is 1. The average molecular weight is 289 g/mol. The van der Waals surface area contributed by atoms with Crippen LogP contribution in [0.15, 0.2) is 30.8 Å². The Balaban J connectivity index is 2.41. The van der Waals surface area contributed by atoms with Crippen molar-refractivity contribution in [1.29, 1.82) is 0 Å². The first kappa shape index (κ1) is 17.9. The quantitative estimate of drug-likeness (QED) is 0.415. The Morgan fingerprint density at radius 2 is 1.81 bits per heavy atom. The van der Waals surface area contributed by atoms with Crippen molar-refractivity contribution in [2.24, 2.45) is 0 Å². The number of hydrogen-bond acceptors (Lipinski definition) is 2. The maximum Gasteiger partial charge on any atom is 0.134 e. The van der Waals surface area contributed by atoms with Gasteiger partial charge in [-0.05, 0) is 25.5 Å². The van der Waals surface area contributed by atoms with Crippen LogP contribution in [-0.4, -0.2) is 13.2 Å². The molecule has 0 aliphatic carbocycles. The topological polar surface area (TPSA) is 21.3 Å². The van der Waals surface area contributed by atoms with Gasteiger partial charge in [-0.25, -0.2) is 0 Å². The van der Waals surface area contributed by atoms with Crippen LogP contribution in [0.2, 0.25) is 0 Å². The van der Waals surface area contributed by atoms with Crippen LogP contribution in [0.1, 0.15) is 69.7 Å². The molecule has 0 aliphatic rings. The Hall–Kier alpha value is -1.12. The van der Waals surface area contributed by atoms with Gasteiger partial charge in [0.25, 0.3) is 0 Å². The van der Waals surface area contributed by atoms with Crippen molar-refractivity contribution in [3.05, 3.63) is 42.0 Å². The van der Waals surface area contributed by atoms with Gasteiger partial charge in [-0.3, -0.25) is 5.32 Å². The molecule has 0 radical (unpaired) electrons. The van der Waals surface area contributed by atoms with E-state index in [1.54, 1.807) is 0 Å². The van der Waals surface area contributed by atoms with Crippen molar-refractivity contribution in [2.45, 2.75) is 58.6 Å². The zero-order valence-corrected chi connectivity index (χ0v) is 13.7. The third-order valence-corrected chi connectivity index (χ3v) is 3.69. The van der Waals surface area contributed by atoms with Crippen molar-refractivity contribution in [1.82, 2.24) is 5.32 Å². The van der Waals surface area contributed by atoms with Gasteiger partial charge >= 0.3 is 0 Å². The maximum absolute atomic E-state index is 5.86. The van der Waals surface area contributed by atoms with Gasteiger partial charge in [-0.2, -0.15) is 0 Å². The molecule has 1 unspecified atom stereocenters. The molecule has 0 bridgehead atoms. The lowest BCUT2D eigenvalue weighted by atomic mass is 10.1. The van der Waals surface area contributed by atoms with Crippen LogP contribution in [0.25, 0.3) is 6.08 Å². The van der Waals surface area contributed by atoms with Gasteiger partial charge in [0.1, 0.15) is 6.23 Å². The fourth-order valence-electron chi connectivity index (χ4n) is 2.50. The van der Waals surface area contributed by atoms with E-state index in [1.165, 1.54) is 44.1 Å². The summed E-state index contributed by atoms with van der Waals surface area (Å²) < 4.78 is 5.86. The third-order valence-electron chi connectivity index (χ3n) is 3.69. The summed E-state index contributed by atoms with van der Waals surface area (Å²) in [6.07, 6.45) is 9.76. The van der Waals surface area contributed by atoms with Crippen LogP contribution < -0.4 is 5.32 Å². The predicted octanol–water partition coefficient (Wildman–Crippen LogP) is 5.31. The zero-order valence-electron chi connectivity index (χ0n) is 13.7.